The van der Waals surface area contributed by atoms with Crippen molar-refractivity contribution < 1.29 is 28.6 Å². The van der Waals surface area contributed by atoms with E-state index in [0.29, 0.717) is 13.0 Å². The fraction of sp³-hybridized carbons (Fsp3) is 0.833. The molecule has 1 unspecified atom stereocenters. The van der Waals surface area contributed by atoms with Gasteiger partial charge in [-0.1, -0.05) is 0 Å². The second-order valence-corrected chi connectivity index (χ2v) is 7.33. The van der Waals surface area contributed by atoms with Crippen molar-refractivity contribution in [3.8, 4) is 12.1 Å². The Kier molecular flexibility index (Phi) is 15.0. The quantitative estimate of drug-likeness (QED) is 0.352. The Balaban J connectivity index is 0. The number of nitriles is 2. The predicted octanol–water partition coefficient (Wildman–Crippen LogP) is 1.83. The summed E-state index contributed by atoms with van der Waals surface area (Å²) in [6.45, 7) is 8.19. The highest BCUT2D eigenvalue weighted by Gasteiger charge is 2.32. The molecule has 0 aliphatic rings. The second kappa shape index (κ2) is 13.9. The molecule has 0 saturated carbocycles. The van der Waals surface area contributed by atoms with Gasteiger partial charge in [0.15, 0.2) is 0 Å². The summed E-state index contributed by atoms with van der Waals surface area (Å²) in [6.07, 6.45) is 0.354. The van der Waals surface area contributed by atoms with Gasteiger partial charge in [-0.15, -0.1) is 0 Å². The first-order chi connectivity index (χ1) is 10.6. The molecule has 0 aromatic heterocycles. The van der Waals surface area contributed by atoms with Crippen LogP contribution in [0.15, 0.2) is 0 Å². The van der Waals surface area contributed by atoms with E-state index in [-0.39, 0.29) is 25.1 Å². The van der Waals surface area contributed by atoms with E-state index in [9.17, 15) is 4.89 Å². The van der Waals surface area contributed by atoms with Crippen molar-refractivity contribution in [3.05, 3.63) is 0 Å². The van der Waals surface area contributed by atoms with Crippen LogP contribution >= 0.6 is 16.7 Å². The monoisotopic (exact) mass is 370 g/mol. The van der Waals surface area contributed by atoms with Gasteiger partial charge >= 0.3 is 8.17 Å². The van der Waals surface area contributed by atoms with E-state index in [4.69, 9.17) is 29.7 Å². The van der Waals surface area contributed by atoms with E-state index < -0.39 is 16.7 Å². The smallest absolute Gasteiger partial charge is 0.338 e. The molecule has 0 bridgehead atoms. The van der Waals surface area contributed by atoms with Gasteiger partial charge in [0.2, 0.25) is 0 Å². The maximum absolute atomic E-state index is 9.74. The van der Waals surface area contributed by atoms with Gasteiger partial charge in [-0.2, -0.15) is 29.7 Å². The maximum atomic E-state index is 9.74. The summed E-state index contributed by atoms with van der Waals surface area (Å²) < 4.78 is 11.1. The van der Waals surface area contributed by atoms with Crippen LogP contribution in [0, 0.1) is 22.7 Å². The number of hydrogen-bond acceptors (Lipinski definition) is 9. The zero-order valence-electron chi connectivity index (χ0n) is 13.8. The molecule has 11 heteroatoms. The third kappa shape index (κ3) is 16.2. The van der Waals surface area contributed by atoms with Crippen LogP contribution in [0.25, 0.3) is 0 Å². The van der Waals surface area contributed by atoms with Crippen LogP contribution in [-0.2, 0) is 9.05 Å². The first-order valence-electron chi connectivity index (χ1n) is 6.92. The Morgan fingerprint density at radius 3 is 1.78 bits per heavy atom. The van der Waals surface area contributed by atoms with Gasteiger partial charge in [0.25, 0.3) is 8.53 Å². The van der Waals surface area contributed by atoms with Crippen molar-refractivity contribution >= 4 is 16.7 Å². The molecule has 1 atom stereocenters. The number of rotatable bonds is 9. The molecule has 0 spiro atoms. The second-order valence-electron chi connectivity index (χ2n) is 4.82. The summed E-state index contributed by atoms with van der Waals surface area (Å²) in [7, 11) is -5.65. The van der Waals surface area contributed by atoms with Crippen LogP contribution < -0.4 is 0 Å². The lowest BCUT2D eigenvalue weighted by molar-refractivity contribution is 0.164. The average molecular weight is 370 g/mol. The van der Waals surface area contributed by atoms with Gasteiger partial charge in [-0.05, 0) is 27.7 Å². The van der Waals surface area contributed by atoms with E-state index in [1.54, 1.807) is 6.07 Å². The summed E-state index contributed by atoms with van der Waals surface area (Å²) in [5.74, 6) is 0. The van der Waals surface area contributed by atoms with Crippen LogP contribution in [0.5, 0.6) is 0 Å². The maximum Gasteiger partial charge on any atom is 0.567 e. The molecule has 9 nitrogen and oxygen atoms in total. The molecule has 0 heterocycles. The van der Waals surface area contributed by atoms with E-state index in [1.807, 2.05) is 38.4 Å². The standard InChI is InChI=1S/C9H19N2O2P.C3H7NO4P/c1-8(2)11(9(3)4)14(12)13-7-5-6-10;4-2-1-3-8-9(5,6)7/h8-9,12H,5,7H2,1-4H3;5-7H,1,3H2/q;+1. The molecule has 0 aromatic carbocycles. The zero-order valence-corrected chi connectivity index (χ0v) is 15.6. The first kappa shape index (κ1) is 24.8. The van der Waals surface area contributed by atoms with Gasteiger partial charge in [0, 0.05) is 12.1 Å². The third-order valence-electron chi connectivity index (χ3n) is 2.15. The first-order valence-corrected chi connectivity index (χ1v) is 9.65. The SMILES string of the molecule is CC(C)N(C(C)C)P(O)OCCC#N.N#CCCO[P+](O)(O)O. The van der Waals surface area contributed by atoms with Gasteiger partial charge < -0.3 is 9.42 Å². The van der Waals surface area contributed by atoms with Crippen LogP contribution in [0.4, 0.5) is 0 Å². The highest BCUT2D eigenvalue weighted by atomic mass is 31.2. The fourth-order valence-corrected chi connectivity index (χ4v) is 2.96. The number of hydrogen-bond donors (Lipinski definition) is 4. The van der Waals surface area contributed by atoms with E-state index in [0.717, 1.165) is 0 Å². The highest BCUT2D eigenvalue weighted by molar-refractivity contribution is 7.53. The van der Waals surface area contributed by atoms with Gasteiger partial charge in [0.05, 0.1) is 31.6 Å². The van der Waals surface area contributed by atoms with E-state index >= 15 is 0 Å². The fourth-order valence-electron chi connectivity index (χ4n) is 1.44. The topological polar surface area (TPSA) is 150 Å². The normalized spacial score (nSPS) is 12.6. The molecular weight excluding hydrogens is 344 g/mol. The minimum absolute atomic E-state index is 0.0312. The molecule has 0 aliphatic heterocycles. The molecule has 0 aliphatic carbocycles. The van der Waals surface area contributed by atoms with Crippen molar-refractivity contribution in [1.82, 2.24) is 4.67 Å². The van der Waals surface area contributed by atoms with Crippen molar-refractivity contribution in [2.75, 3.05) is 13.2 Å². The Morgan fingerprint density at radius 1 is 1.00 bits per heavy atom. The lowest BCUT2D eigenvalue weighted by Gasteiger charge is -2.32. The summed E-state index contributed by atoms with van der Waals surface area (Å²) in [6, 6.07) is 4.16. The lowest BCUT2D eigenvalue weighted by Crippen LogP contribution is -2.32. The van der Waals surface area contributed by atoms with Crippen molar-refractivity contribution in [2.45, 2.75) is 52.6 Å². The van der Waals surface area contributed by atoms with Crippen LogP contribution in [0.3, 0.4) is 0 Å². The molecular formula is C12H26N3O6P2+. The molecule has 0 amide bonds. The molecule has 0 saturated heterocycles. The molecule has 0 radical (unpaired) electrons. The summed E-state index contributed by atoms with van der Waals surface area (Å²) >= 11 is 0. The summed E-state index contributed by atoms with van der Waals surface area (Å²) in [5, 5.41) is 16.2. The molecule has 23 heavy (non-hydrogen) atoms. The van der Waals surface area contributed by atoms with Crippen molar-refractivity contribution in [1.29, 1.82) is 10.5 Å². The Morgan fingerprint density at radius 2 is 1.43 bits per heavy atom. The highest BCUT2D eigenvalue weighted by Crippen LogP contribution is 2.45. The van der Waals surface area contributed by atoms with Crippen LogP contribution in [0.1, 0.15) is 40.5 Å². The van der Waals surface area contributed by atoms with Crippen LogP contribution in [0.2, 0.25) is 0 Å². The van der Waals surface area contributed by atoms with E-state index in [2.05, 4.69) is 4.52 Å². The average Bonchev–Trinajstić information content (AvgIpc) is 2.37. The molecule has 0 rings (SSSR count). The molecule has 0 aromatic rings. The molecule has 134 valence electrons. The van der Waals surface area contributed by atoms with Crippen LogP contribution in [-0.4, -0.2) is 49.5 Å². The van der Waals surface area contributed by atoms with Gasteiger partial charge in [-0.25, -0.2) is 4.67 Å². The number of nitrogens with zero attached hydrogens (tertiary/aromatic N) is 3. The molecule has 4 N–H and O–H groups in total. The van der Waals surface area contributed by atoms with Crippen molar-refractivity contribution in [2.24, 2.45) is 0 Å². The molecule has 0 fully saturated rings. The largest absolute Gasteiger partial charge is 0.567 e. The minimum Gasteiger partial charge on any atom is -0.338 e. The van der Waals surface area contributed by atoms with E-state index in [1.165, 1.54) is 0 Å². The third-order valence-corrected chi connectivity index (χ3v) is 4.42. The predicted molar refractivity (Wildman–Crippen MR) is 87.2 cm³/mol. The van der Waals surface area contributed by atoms with Gasteiger partial charge in [-0.3, -0.25) is 0 Å². The van der Waals surface area contributed by atoms with Crippen molar-refractivity contribution in [3.63, 3.8) is 0 Å². The Hall–Kier alpha value is -0.440. The minimum atomic E-state index is -4.10. The Bertz CT molecular complexity index is 370. The summed E-state index contributed by atoms with van der Waals surface area (Å²) in [4.78, 5) is 34.1. The Labute approximate surface area is 139 Å². The zero-order chi connectivity index (χ0) is 18.5. The van der Waals surface area contributed by atoms with Gasteiger partial charge in [0.1, 0.15) is 6.61 Å². The summed E-state index contributed by atoms with van der Waals surface area (Å²) in [5.41, 5.74) is 0. The lowest BCUT2D eigenvalue weighted by atomic mass is 10.3.